The summed E-state index contributed by atoms with van der Waals surface area (Å²) in [5.41, 5.74) is 2.62. The fourth-order valence-electron chi connectivity index (χ4n) is 2.45. The smallest absolute Gasteiger partial charge is 0.0649 e. The molecule has 0 radical (unpaired) electrons. The average Bonchev–Trinajstić information content (AvgIpc) is 2.87. The summed E-state index contributed by atoms with van der Waals surface area (Å²) in [6.45, 7) is 8.22. The molecule has 2 rings (SSSR count). The third kappa shape index (κ3) is 4.56. The van der Waals surface area contributed by atoms with Crippen LogP contribution in [0.5, 0.6) is 0 Å². The van der Waals surface area contributed by atoms with Crippen LogP contribution in [-0.2, 0) is 22.6 Å². The van der Waals surface area contributed by atoms with E-state index in [-0.39, 0.29) is 6.10 Å². The Morgan fingerprint density at radius 3 is 2.81 bits per heavy atom. The molecular weight excluding hydrogens is 264 g/mol. The highest BCUT2D eigenvalue weighted by atomic mass is 16.5. The molecule has 0 bridgehead atoms. The second-order valence-corrected chi connectivity index (χ2v) is 5.45. The zero-order valence-corrected chi connectivity index (χ0v) is 13.3. The molecule has 2 aromatic rings. The number of aromatic nitrogens is 1. The largest absolute Gasteiger partial charge is 0.383 e. The molecule has 21 heavy (non-hydrogen) atoms. The third-order valence-electron chi connectivity index (χ3n) is 3.45. The molecule has 0 fully saturated rings. The average molecular weight is 290 g/mol. The lowest BCUT2D eigenvalue weighted by atomic mass is 10.1. The second-order valence-electron chi connectivity index (χ2n) is 5.45. The second kappa shape index (κ2) is 8.17. The monoisotopic (exact) mass is 290 g/mol. The van der Waals surface area contributed by atoms with Crippen molar-refractivity contribution in [1.82, 2.24) is 9.88 Å². The summed E-state index contributed by atoms with van der Waals surface area (Å²) in [7, 11) is 1.72. The molecule has 4 heteroatoms. The highest BCUT2D eigenvalue weighted by Gasteiger charge is 2.06. The van der Waals surface area contributed by atoms with Crippen LogP contribution in [0.25, 0.3) is 10.9 Å². The van der Waals surface area contributed by atoms with Crippen molar-refractivity contribution < 1.29 is 9.47 Å². The van der Waals surface area contributed by atoms with E-state index in [4.69, 9.17) is 9.47 Å². The minimum Gasteiger partial charge on any atom is -0.383 e. The highest BCUT2D eigenvalue weighted by molar-refractivity contribution is 5.83. The number of rotatable bonds is 9. The molecule has 0 aliphatic rings. The maximum Gasteiger partial charge on any atom is 0.0649 e. The first-order chi connectivity index (χ1) is 10.2. The van der Waals surface area contributed by atoms with Gasteiger partial charge in [0.2, 0.25) is 0 Å². The number of fused-ring (bicyclic) bond motifs is 1. The van der Waals surface area contributed by atoms with Gasteiger partial charge in [-0.05, 0) is 30.9 Å². The van der Waals surface area contributed by atoms with Crippen LogP contribution in [0.4, 0.5) is 0 Å². The van der Waals surface area contributed by atoms with Crippen LogP contribution in [0.1, 0.15) is 19.4 Å². The van der Waals surface area contributed by atoms with Gasteiger partial charge in [0, 0.05) is 32.9 Å². The molecule has 1 heterocycles. The predicted molar refractivity (Wildman–Crippen MR) is 86.6 cm³/mol. The maximum absolute atomic E-state index is 5.66. The van der Waals surface area contributed by atoms with Crippen molar-refractivity contribution in [2.75, 3.05) is 26.9 Å². The van der Waals surface area contributed by atoms with E-state index in [1.54, 1.807) is 7.11 Å². The van der Waals surface area contributed by atoms with Crippen molar-refractivity contribution >= 4 is 10.9 Å². The van der Waals surface area contributed by atoms with Gasteiger partial charge in [-0.1, -0.05) is 18.2 Å². The molecule has 1 aromatic heterocycles. The SMILES string of the molecule is COCCNCc1cccc2ccn(CCOC(C)C)c12. The fourth-order valence-corrected chi connectivity index (χ4v) is 2.45. The van der Waals surface area contributed by atoms with E-state index in [0.29, 0.717) is 0 Å². The van der Waals surface area contributed by atoms with Gasteiger partial charge in [0.1, 0.15) is 0 Å². The molecule has 0 unspecified atom stereocenters. The molecule has 0 atom stereocenters. The molecule has 0 aliphatic heterocycles. The number of hydrogen-bond donors (Lipinski definition) is 1. The Labute approximate surface area is 127 Å². The normalized spacial score (nSPS) is 11.6. The zero-order valence-electron chi connectivity index (χ0n) is 13.3. The van der Waals surface area contributed by atoms with Gasteiger partial charge in [-0.25, -0.2) is 0 Å². The molecule has 0 saturated heterocycles. The lowest BCUT2D eigenvalue weighted by Gasteiger charge is -2.12. The topological polar surface area (TPSA) is 35.4 Å². The number of ether oxygens (including phenoxy) is 2. The van der Waals surface area contributed by atoms with E-state index in [0.717, 1.165) is 32.8 Å². The van der Waals surface area contributed by atoms with Crippen LogP contribution in [0.15, 0.2) is 30.5 Å². The van der Waals surface area contributed by atoms with Gasteiger partial charge in [-0.3, -0.25) is 0 Å². The molecule has 4 nitrogen and oxygen atoms in total. The Kier molecular flexibility index (Phi) is 6.23. The molecule has 0 amide bonds. The Morgan fingerprint density at radius 1 is 1.19 bits per heavy atom. The van der Waals surface area contributed by atoms with Crippen molar-refractivity contribution in [1.29, 1.82) is 0 Å². The highest BCUT2D eigenvalue weighted by Crippen LogP contribution is 2.20. The lowest BCUT2D eigenvalue weighted by molar-refractivity contribution is 0.0733. The Hall–Kier alpha value is -1.36. The van der Waals surface area contributed by atoms with Crippen LogP contribution in [0.2, 0.25) is 0 Å². The summed E-state index contributed by atoms with van der Waals surface area (Å²) in [5.74, 6) is 0. The minimum atomic E-state index is 0.280. The third-order valence-corrected chi connectivity index (χ3v) is 3.45. The van der Waals surface area contributed by atoms with Gasteiger partial charge in [0.05, 0.1) is 24.8 Å². The first-order valence-corrected chi connectivity index (χ1v) is 7.60. The first kappa shape index (κ1) is 16.0. The number of methoxy groups -OCH3 is 1. The molecule has 0 spiro atoms. The van der Waals surface area contributed by atoms with Gasteiger partial charge in [-0.2, -0.15) is 0 Å². The van der Waals surface area contributed by atoms with Gasteiger partial charge in [-0.15, -0.1) is 0 Å². The van der Waals surface area contributed by atoms with Gasteiger partial charge < -0.3 is 19.4 Å². The van der Waals surface area contributed by atoms with Crippen LogP contribution >= 0.6 is 0 Å². The van der Waals surface area contributed by atoms with Crippen LogP contribution in [0.3, 0.4) is 0 Å². The molecular formula is C17H26N2O2. The van der Waals surface area contributed by atoms with Gasteiger partial charge in [0.15, 0.2) is 0 Å². The Morgan fingerprint density at radius 2 is 2.05 bits per heavy atom. The summed E-state index contributed by atoms with van der Waals surface area (Å²) >= 11 is 0. The zero-order chi connectivity index (χ0) is 15.1. The standard InChI is InChI=1S/C17H26N2O2/c1-14(2)21-12-10-19-9-7-15-5-4-6-16(17(15)19)13-18-8-11-20-3/h4-7,9,14,18H,8,10-13H2,1-3H3. The molecule has 0 aliphatic carbocycles. The van der Waals surface area contributed by atoms with Crippen LogP contribution in [-0.4, -0.2) is 37.5 Å². The number of nitrogens with one attached hydrogen (secondary N) is 1. The van der Waals surface area contributed by atoms with Crippen LogP contribution < -0.4 is 5.32 Å². The number of benzene rings is 1. The van der Waals surface area contributed by atoms with E-state index in [1.165, 1.54) is 16.5 Å². The predicted octanol–water partition coefficient (Wildman–Crippen LogP) is 2.80. The molecule has 1 N–H and O–H groups in total. The van der Waals surface area contributed by atoms with Crippen molar-refractivity contribution in [3.63, 3.8) is 0 Å². The number of hydrogen-bond acceptors (Lipinski definition) is 3. The first-order valence-electron chi connectivity index (χ1n) is 7.60. The molecule has 1 aromatic carbocycles. The molecule has 0 saturated carbocycles. The van der Waals surface area contributed by atoms with E-state index >= 15 is 0 Å². The van der Waals surface area contributed by atoms with E-state index < -0.39 is 0 Å². The van der Waals surface area contributed by atoms with Crippen LogP contribution in [0, 0.1) is 0 Å². The summed E-state index contributed by atoms with van der Waals surface area (Å²) < 4.78 is 13.0. The quantitative estimate of drug-likeness (QED) is 0.721. The lowest BCUT2D eigenvalue weighted by Crippen LogP contribution is -2.19. The summed E-state index contributed by atoms with van der Waals surface area (Å²) in [6, 6.07) is 8.63. The summed E-state index contributed by atoms with van der Waals surface area (Å²) in [5, 5.41) is 4.70. The summed E-state index contributed by atoms with van der Waals surface area (Å²) in [4.78, 5) is 0. The minimum absolute atomic E-state index is 0.280. The van der Waals surface area contributed by atoms with Crippen molar-refractivity contribution in [2.45, 2.75) is 33.0 Å². The maximum atomic E-state index is 5.66. The fraction of sp³-hybridized carbons (Fsp3) is 0.529. The van der Waals surface area contributed by atoms with Gasteiger partial charge >= 0.3 is 0 Å². The van der Waals surface area contributed by atoms with E-state index in [9.17, 15) is 0 Å². The molecule has 116 valence electrons. The van der Waals surface area contributed by atoms with Crippen molar-refractivity contribution in [2.24, 2.45) is 0 Å². The van der Waals surface area contributed by atoms with Crippen molar-refractivity contribution in [3.05, 3.63) is 36.0 Å². The van der Waals surface area contributed by atoms with E-state index in [2.05, 4.69) is 54.2 Å². The Balaban J connectivity index is 2.07. The Bertz CT molecular complexity index is 549. The number of nitrogens with zero attached hydrogens (tertiary/aromatic N) is 1. The number of para-hydroxylation sites is 1. The van der Waals surface area contributed by atoms with E-state index in [1.807, 2.05) is 0 Å². The summed E-state index contributed by atoms with van der Waals surface area (Å²) in [6.07, 6.45) is 2.43. The van der Waals surface area contributed by atoms with Crippen molar-refractivity contribution in [3.8, 4) is 0 Å². The van der Waals surface area contributed by atoms with Gasteiger partial charge in [0.25, 0.3) is 0 Å².